The van der Waals surface area contributed by atoms with Crippen LogP contribution in [0.4, 0.5) is 0 Å². The number of aromatic nitrogens is 2. The zero-order valence-electron chi connectivity index (χ0n) is 15.2. The van der Waals surface area contributed by atoms with Gasteiger partial charge in [0.2, 0.25) is 0 Å². The minimum atomic E-state index is -0.682. The Morgan fingerprint density at radius 1 is 1.31 bits per heavy atom. The van der Waals surface area contributed by atoms with Gasteiger partial charge in [-0.25, -0.2) is 4.79 Å². The third-order valence-electron chi connectivity index (χ3n) is 4.43. The predicted octanol–water partition coefficient (Wildman–Crippen LogP) is 2.56. The number of benzene rings is 1. The molecule has 7 heteroatoms. The summed E-state index contributed by atoms with van der Waals surface area (Å²) in [4.78, 5) is 25.9. The van der Waals surface area contributed by atoms with Gasteiger partial charge in [-0.3, -0.25) is 9.89 Å². The Kier molecular flexibility index (Phi) is 4.79. The van der Waals surface area contributed by atoms with Gasteiger partial charge in [-0.05, 0) is 44.5 Å². The van der Waals surface area contributed by atoms with Crippen LogP contribution in [-0.4, -0.2) is 34.2 Å². The number of amides is 1. The maximum atomic E-state index is 12.5. The van der Waals surface area contributed by atoms with E-state index in [0.29, 0.717) is 23.4 Å². The number of carbonyl (C=O) groups is 1. The quantitative estimate of drug-likeness (QED) is 0.711. The summed E-state index contributed by atoms with van der Waals surface area (Å²) in [6.45, 7) is 5.72. The normalized spacial score (nSPS) is 12.2. The van der Waals surface area contributed by atoms with E-state index in [2.05, 4.69) is 10.2 Å². The topological polar surface area (TPSA) is 88.4 Å². The second-order valence-corrected chi connectivity index (χ2v) is 6.33. The molecule has 1 unspecified atom stereocenters. The summed E-state index contributed by atoms with van der Waals surface area (Å²) in [7, 11) is 1.70. The van der Waals surface area contributed by atoms with Crippen LogP contribution in [0.2, 0.25) is 0 Å². The molecule has 26 heavy (non-hydrogen) atoms. The van der Waals surface area contributed by atoms with E-state index in [9.17, 15) is 9.59 Å². The number of aryl methyl sites for hydroxylation is 1. The fourth-order valence-electron chi connectivity index (χ4n) is 2.77. The van der Waals surface area contributed by atoms with Gasteiger partial charge in [-0.1, -0.05) is 0 Å². The number of nitrogens with zero attached hydrogens (tertiary/aromatic N) is 2. The predicted molar refractivity (Wildman–Crippen MR) is 97.1 cm³/mol. The van der Waals surface area contributed by atoms with Crippen LogP contribution >= 0.6 is 0 Å². The van der Waals surface area contributed by atoms with Crippen molar-refractivity contribution in [3.8, 4) is 5.75 Å². The summed E-state index contributed by atoms with van der Waals surface area (Å²) in [6.07, 6.45) is 0.957. The van der Waals surface area contributed by atoms with Gasteiger partial charge >= 0.3 is 5.63 Å². The molecule has 0 saturated carbocycles. The Morgan fingerprint density at radius 3 is 2.77 bits per heavy atom. The van der Waals surface area contributed by atoms with Crippen LogP contribution in [0.15, 0.2) is 39.7 Å². The van der Waals surface area contributed by atoms with E-state index >= 15 is 0 Å². The summed E-state index contributed by atoms with van der Waals surface area (Å²) >= 11 is 0. The van der Waals surface area contributed by atoms with Gasteiger partial charge in [0.25, 0.3) is 5.91 Å². The van der Waals surface area contributed by atoms with Crippen LogP contribution in [0, 0.1) is 13.8 Å². The smallest absolute Gasteiger partial charge is 0.339 e. The number of fused-ring (bicyclic) bond motifs is 1. The number of ether oxygens (including phenoxy) is 1. The summed E-state index contributed by atoms with van der Waals surface area (Å²) < 4.78 is 11.1. The van der Waals surface area contributed by atoms with Crippen molar-refractivity contribution in [1.82, 2.24) is 15.1 Å². The van der Waals surface area contributed by atoms with Crippen LogP contribution in [-0.2, 0) is 11.3 Å². The molecule has 2 aromatic heterocycles. The highest BCUT2D eigenvalue weighted by Crippen LogP contribution is 2.24. The molecule has 1 amide bonds. The van der Waals surface area contributed by atoms with E-state index in [0.717, 1.165) is 16.6 Å². The van der Waals surface area contributed by atoms with Crippen molar-refractivity contribution in [2.45, 2.75) is 33.4 Å². The number of nitrogens with one attached hydrogen (secondary N) is 1. The fraction of sp³-hybridized carbons (Fsp3) is 0.316. The minimum Gasteiger partial charge on any atom is -0.481 e. The molecule has 0 aliphatic heterocycles. The van der Waals surface area contributed by atoms with Gasteiger partial charge in [0.1, 0.15) is 11.3 Å². The zero-order chi connectivity index (χ0) is 18.8. The molecule has 2 heterocycles. The molecule has 7 nitrogen and oxygen atoms in total. The Balaban J connectivity index is 1.76. The van der Waals surface area contributed by atoms with Crippen molar-refractivity contribution >= 4 is 16.9 Å². The number of likely N-dealkylation sites (N-methyl/N-ethyl adjacent to an activating group) is 1. The first-order chi connectivity index (χ1) is 12.4. The molecular formula is C19H21N3O4. The van der Waals surface area contributed by atoms with E-state index in [1.807, 2.05) is 19.1 Å². The van der Waals surface area contributed by atoms with Gasteiger partial charge in [0.05, 0.1) is 12.2 Å². The fourth-order valence-corrected chi connectivity index (χ4v) is 2.77. The molecule has 136 valence electrons. The molecule has 0 spiro atoms. The first-order valence-electron chi connectivity index (χ1n) is 8.30. The van der Waals surface area contributed by atoms with E-state index in [4.69, 9.17) is 9.15 Å². The molecule has 1 N–H and O–H groups in total. The minimum absolute atomic E-state index is 0.166. The average molecular weight is 355 g/mol. The molecule has 1 aromatic carbocycles. The average Bonchev–Trinajstić information content (AvgIpc) is 3.11. The Morgan fingerprint density at radius 2 is 2.08 bits per heavy atom. The molecule has 0 saturated heterocycles. The monoisotopic (exact) mass is 355 g/mol. The van der Waals surface area contributed by atoms with Crippen molar-refractivity contribution in [1.29, 1.82) is 0 Å². The largest absolute Gasteiger partial charge is 0.481 e. The lowest BCUT2D eigenvalue weighted by Crippen LogP contribution is -2.37. The lowest BCUT2D eigenvalue weighted by atomic mass is 10.1. The number of hydrogen-bond acceptors (Lipinski definition) is 5. The molecule has 0 bridgehead atoms. The molecule has 0 radical (unpaired) electrons. The van der Waals surface area contributed by atoms with Crippen molar-refractivity contribution in [2.75, 3.05) is 7.05 Å². The third-order valence-corrected chi connectivity index (χ3v) is 4.43. The second-order valence-electron chi connectivity index (χ2n) is 6.33. The first-order valence-corrected chi connectivity index (χ1v) is 8.30. The zero-order valence-corrected chi connectivity index (χ0v) is 15.2. The molecule has 0 fully saturated rings. The summed E-state index contributed by atoms with van der Waals surface area (Å²) in [6, 6.07) is 7.06. The van der Waals surface area contributed by atoms with Gasteiger partial charge in [-0.15, -0.1) is 0 Å². The van der Waals surface area contributed by atoms with Crippen molar-refractivity contribution < 1.29 is 13.9 Å². The third kappa shape index (κ3) is 3.46. The summed E-state index contributed by atoms with van der Waals surface area (Å²) in [5.74, 6) is 0.306. The van der Waals surface area contributed by atoms with Crippen molar-refractivity contribution in [2.24, 2.45) is 0 Å². The SMILES string of the molecule is Cc1c(C)c2ccc(OC(C)C(=O)N(C)Cc3ccn[nH]3)cc2oc1=O. The van der Waals surface area contributed by atoms with Crippen molar-refractivity contribution in [3.63, 3.8) is 0 Å². The highest BCUT2D eigenvalue weighted by Gasteiger charge is 2.20. The molecule has 0 aliphatic carbocycles. The number of rotatable bonds is 5. The lowest BCUT2D eigenvalue weighted by molar-refractivity contribution is -0.137. The standard InChI is InChI=1S/C19H21N3O4/c1-11-12(2)19(24)26-17-9-15(5-6-16(11)17)25-13(3)18(23)22(4)10-14-7-8-20-21-14/h5-9,13H,10H2,1-4H3,(H,20,21). The van der Waals surface area contributed by atoms with E-state index in [1.54, 1.807) is 44.1 Å². The summed E-state index contributed by atoms with van der Waals surface area (Å²) in [5, 5.41) is 7.54. The summed E-state index contributed by atoms with van der Waals surface area (Å²) in [5.41, 5.74) is 2.39. The van der Waals surface area contributed by atoms with Gasteiger partial charge < -0.3 is 14.1 Å². The molecule has 0 aliphatic rings. The van der Waals surface area contributed by atoms with Crippen LogP contribution in [0.5, 0.6) is 5.75 Å². The van der Waals surface area contributed by atoms with E-state index in [-0.39, 0.29) is 11.5 Å². The van der Waals surface area contributed by atoms with Crippen LogP contribution < -0.4 is 10.4 Å². The number of carbonyl (C=O) groups excluding carboxylic acids is 1. The van der Waals surface area contributed by atoms with Gasteiger partial charge in [0.15, 0.2) is 6.10 Å². The van der Waals surface area contributed by atoms with Gasteiger partial charge in [-0.2, -0.15) is 5.10 Å². The maximum absolute atomic E-state index is 12.5. The highest BCUT2D eigenvalue weighted by atomic mass is 16.5. The van der Waals surface area contributed by atoms with Crippen LogP contribution in [0.1, 0.15) is 23.7 Å². The number of hydrogen-bond donors (Lipinski definition) is 1. The number of H-pyrrole nitrogens is 1. The molecule has 3 rings (SSSR count). The van der Waals surface area contributed by atoms with Crippen LogP contribution in [0.3, 0.4) is 0 Å². The van der Waals surface area contributed by atoms with Crippen LogP contribution in [0.25, 0.3) is 11.0 Å². The van der Waals surface area contributed by atoms with E-state index in [1.165, 1.54) is 0 Å². The van der Waals surface area contributed by atoms with Gasteiger partial charge in [0, 0.05) is 30.3 Å². The first kappa shape index (κ1) is 17.7. The molecular weight excluding hydrogens is 334 g/mol. The molecule has 1 atom stereocenters. The van der Waals surface area contributed by atoms with E-state index < -0.39 is 6.10 Å². The number of aromatic amines is 1. The Hall–Kier alpha value is -3.09. The van der Waals surface area contributed by atoms with Crippen molar-refractivity contribution in [3.05, 3.63) is 57.7 Å². The maximum Gasteiger partial charge on any atom is 0.339 e. The second kappa shape index (κ2) is 7.03. The Bertz CT molecular complexity index is 992. The highest BCUT2D eigenvalue weighted by molar-refractivity contribution is 5.83. The Labute approximate surface area is 150 Å². The molecule has 3 aromatic rings. The lowest BCUT2D eigenvalue weighted by Gasteiger charge is -2.21.